The molecule has 1 fully saturated rings. The zero-order valence-corrected chi connectivity index (χ0v) is 11.0. The van der Waals surface area contributed by atoms with E-state index in [0.29, 0.717) is 0 Å². The van der Waals surface area contributed by atoms with Crippen LogP contribution in [0.25, 0.3) is 0 Å². The van der Waals surface area contributed by atoms with E-state index in [-0.39, 0.29) is 6.10 Å². The number of hydrogen-bond donors (Lipinski definition) is 1. The molecule has 17 heavy (non-hydrogen) atoms. The predicted octanol–water partition coefficient (Wildman–Crippen LogP) is 2.77. The van der Waals surface area contributed by atoms with Gasteiger partial charge in [0.1, 0.15) is 5.75 Å². The molecule has 1 aliphatic heterocycles. The van der Waals surface area contributed by atoms with Gasteiger partial charge in [-0.1, -0.05) is 31.5 Å². The Morgan fingerprint density at radius 2 is 1.65 bits per heavy atom. The number of aryl methyl sites for hydroxylation is 1. The Bertz CT molecular complexity index is 303. The smallest absolute Gasteiger partial charge is 0.147 e. The Balaban J connectivity index is 0.000000686. The molecule has 0 spiro atoms. The average Bonchev–Trinajstić information content (AvgIpc) is 2.37. The second-order valence-corrected chi connectivity index (χ2v) is 4.06. The zero-order valence-electron chi connectivity index (χ0n) is 11.0. The summed E-state index contributed by atoms with van der Waals surface area (Å²) in [5.74, 6) is 0.872. The molecule has 3 nitrogen and oxygen atoms in total. The molecule has 1 aromatic rings. The number of nitrogens with zero attached hydrogens (tertiary/aromatic N) is 1. The lowest BCUT2D eigenvalue weighted by Crippen LogP contribution is -2.38. The summed E-state index contributed by atoms with van der Waals surface area (Å²) in [5, 5.41) is 11.3. The van der Waals surface area contributed by atoms with Crippen LogP contribution in [0.3, 0.4) is 0 Å². The van der Waals surface area contributed by atoms with Crippen LogP contribution in [0.15, 0.2) is 24.3 Å². The van der Waals surface area contributed by atoms with E-state index >= 15 is 0 Å². The molecule has 0 bridgehead atoms. The molecular weight excluding hydrogens is 214 g/mol. The molecule has 0 atom stereocenters. The fraction of sp³-hybridized carbons (Fsp3) is 0.571. The van der Waals surface area contributed by atoms with E-state index in [1.54, 1.807) is 0 Å². The number of rotatable bonds is 2. The van der Waals surface area contributed by atoms with Crippen LogP contribution in [-0.2, 0) is 0 Å². The van der Waals surface area contributed by atoms with E-state index in [9.17, 15) is 5.11 Å². The zero-order chi connectivity index (χ0) is 12.7. The highest BCUT2D eigenvalue weighted by atomic mass is 16.7. The predicted molar refractivity (Wildman–Crippen MR) is 70.0 cm³/mol. The highest BCUT2D eigenvalue weighted by Gasteiger charge is 2.17. The maximum Gasteiger partial charge on any atom is 0.147 e. The third-order valence-electron chi connectivity index (χ3n) is 2.68. The lowest BCUT2D eigenvalue weighted by molar-refractivity contribution is -0.0938. The van der Waals surface area contributed by atoms with Gasteiger partial charge in [-0.3, -0.25) is 0 Å². The van der Waals surface area contributed by atoms with Crippen molar-refractivity contribution in [3.8, 4) is 5.75 Å². The van der Waals surface area contributed by atoms with Crippen LogP contribution in [0.2, 0.25) is 0 Å². The van der Waals surface area contributed by atoms with Gasteiger partial charge in [0.05, 0.1) is 6.10 Å². The van der Waals surface area contributed by atoms with E-state index in [1.165, 1.54) is 5.56 Å². The van der Waals surface area contributed by atoms with Crippen LogP contribution in [0.1, 0.15) is 32.3 Å². The first-order valence-corrected chi connectivity index (χ1v) is 6.42. The summed E-state index contributed by atoms with van der Waals surface area (Å²) in [7, 11) is 0. The third-order valence-corrected chi connectivity index (χ3v) is 2.68. The summed E-state index contributed by atoms with van der Waals surface area (Å²) >= 11 is 0. The summed E-state index contributed by atoms with van der Waals surface area (Å²) < 4.78 is 0. The molecule has 0 radical (unpaired) electrons. The van der Waals surface area contributed by atoms with E-state index in [4.69, 9.17) is 4.84 Å². The first kappa shape index (κ1) is 14.0. The van der Waals surface area contributed by atoms with Crippen molar-refractivity contribution in [3.05, 3.63) is 29.8 Å². The minimum atomic E-state index is -0.150. The second-order valence-electron chi connectivity index (χ2n) is 4.06. The number of hydroxylamine groups is 2. The lowest BCUT2D eigenvalue weighted by Gasteiger charge is -2.28. The molecule has 1 N–H and O–H groups in total. The molecule has 0 aromatic heterocycles. The normalized spacial score (nSPS) is 17.2. The van der Waals surface area contributed by atoms with Crippen molar-refractivity contribution >= 4 is 0 Å². The summed E-state index contributed by atoms with van der Waals surface area (Å²) in [4.78, 5) is 5.68. The number of aliphatic hydroxyl groups excluding tert-OH is 1. The van der Waals surface area contributed by atoms with Gasteiger partial charge < -0.3 is 9.94 Å². The molecule has 1 aliphatic rings. The summed E-state index contributed by atoms with van der Waals surface area (Å²) in [6.45, 7) is 7.66. The number of aliphatic hydroxyl groups is 1. The standard InChI is InChI=1S/C12H17NO2.C2H6/c1-10-2-4-12(5-3-10)15-13-8-6-11(14)7-9-13;1-2/h2-5,11,14H,6-9H2,1H3;1-2H3. The van der Waals surface area contributed by atoms with E-state index in [0.717, 1.165) is 31.7 Å². The first-order chi connectivity index (χ1) is 8.24. The van der Waals surface area contributed by atoms with Gasteiger partial charge in [0.25, 0.3) is 0 Å². The molecule has 2 rings (SSSR count). The third kappa shape index (κ3) is 4.75. The molecule has 1 saturated heterocycles. The van der Waals surface area contributed by atoms with Crippen LogP contribution in [0, 0.1) is 6.92 Å². The first-order valence-electron chi connectivity index (χ1n) is 6.42. The summed E-state index contributed by atoms with van der Waals surface area (Å²) in [6.07, 6.45) is 1.44. The lowest BCUT2D eigenvalue weighted by atomic mass is 10.1. The van der Waals surface area contributed by atoms with Gasteiger partial charge in [-0.15, -0.1) is 5.06 Å². The van der Waals surface area contributed by atoms with Gasteiger partial charge in [0.15, 0.2) is 0 Å². The van der Waals surface area contributed by atoms with Crippen LogP contribution >= 0.6 is 0 Å². The molecule has 0 aliphatic carbocycles. The van der Waals surface area contributed by atoms with Crippen LogP contribution in [-0.4, -0.2) is 29.4 Å². The molecule has 0 amide bonds. The van der Waals surface area contributed by atoms with Gasteiger partial charge in [0.2, 0.25) is 0 Å². The van der Waals surface area contributed by atoms with Crippen LogP contribution in [0.5, 0.6) is 5.75 Å². The summed E-state index contributed by atoms with van der Waals surface area (Å²) in [5.41, 5.74) is 1.23. The Hall–Kier alpha value is -1.06. The fourth-order valence-corrected chi connectivity index (χ4v) is 1.68. The highest BCUT2D eigenvalue weighted by Crippen LogP contribution is 2.16. The Kier molecular flexibility index (Phi) is 6.01. The van der Waals surface area contributed by atoms with Gasteiger partial charge >= 0.3 is 0 Å². The van der Waals surface area contributed by atoms with Crippen molar-refractivity contribution in [2.75, 3.05) is 13.1 Å². The number of benzene rings is 1. The quantitative estimate of drug-likeness (QED) is 0.858. The maximum absolute atomic E-state index is 9.35. The Labute approximate surface area is 104 Å². The van der Waals surface area contributed by atoms with Crippen molar-refractivity contribution in [2.24, 2.45) is 0 Å². The SMILES string of the molecule is CC.Cc1ccc(ON2CCC(O)CC2)cc1. The highest BCUT2D eigenvalue weighted by molar-refractivity contribution is 5.25. The molecule has 96 valence electrons. The minimum absolute atomic E-state index is 0.150. The molecule has 1 aromatic carbocycles. The van der Waals surface area contributed by atoms with Gasteiger partial charge in [0, 0.05) is 13.1 Å². The van der Waals surface area contributed by atoms with Gasteiger partial charge in [-0.05, 0) is 31.9 Å². The molecule has 3 heteroatoms. The van der Waals surface area contributed by atoms with Crippen molar-refractivity contribution in [2.45, 2.75) is 39.7 Å². The minimum Gasteiger partial charge on any atom is -0.406 e. The van der Waals surface area contributed by atoms with E-state index in [1.807, 2.05) is 43.2 Å². The van der Waals surface area contributed by atoms with Crippen LogP contribution in [0.4, 0.5) is 0 Å². The van der Waals surface area contributed by atoms with E-state index < -0.39 is 0 Å². The van der Waals surface area contributed by atoms with Crippen molar-refractivity contribution in [3.63, 3.8) is 0 Å². The molecule has 0 unspecified atom stereocenters. The average molecular weight is 237 g/mol. The fourth-order valence-electron chi connectivity index (χ4n) is 1.68. The maximum atomic E-state index is 9.35. The van der Waals surface area contributed by atoms with Gasteiger partial charge in [-0.25, -0.2) is 0 Å². The molecular formula is C14H23NO2. The largest absolute Gasteiger partial charge is 0.406 e. The van der Waals surface area contributed by atoms with Gasteiger partial charge in [-0.2, -0.15) is 0 Å². The van der Waals surface area contributed by atoms with Crippen molar-refractivity contribution in [1.82, 2.24) is 5.06 Å². The van der Waals surface area contributed by atoms with Crippen molar-refractivity contribution < 1.29 is 9.94 Å². The van der Waals surface area contributed by atoms with Crippen molar-refractivity contribution in [1.29, 1.82) is 0 Å². The van der Waals surface area contributed by atoms with E-state index in [2.05, 4.69) is 6.92 Å². The Morgan fingerprint density at radius 3 is 2.18 bits per heavy atom. The number of piperidine rings is 1. The monoisotopic (exact) mass is 237 g/mol. The topological polar surface area (TPSA) is 32.7 Å². The number of hydrogen-bond acceptors (Lipinski definition) is 3. The molecule has 1 heterocycles. The van der Waals surface area contributed by atoms with Crippen LogP contribution < -0.4 is 4.84 Å². The Morgan fingerprint density at radius 1 is 1.12 bits per heavy atom. The second kappa shape index (κ2) is 7.30. The molecule has 0 saturated carbocycles. The summed E-state index contributed by atoms with van der Waals surface area (Å²) in [6, 6.07) is 8.02.